The molecular formula is C19H22N2. The van der Waals surface area contributed by atoms with Crippen molar-refractivity contribution in [1.29, 1.82) is 5.26 Å². The fourth-order valence-corrected chi connectivity index (χ4v) is 2.68. The van der Waals surface area contributed by atoms with Crippen molar-refractivity contribution in [1.82, 2.24) is 4.98 Å². The molecule has 0 bridgehead atoms. The summed E-state index contributed by atoms with van der Waals surface area (Å²) in [6.45, 7) is 8.62. The summed E-state index contributed by atoms with van der Waals surface area (Å²) in [5, 5.41) is 9.34. The Morgan fingerprint density at radius 3 is 2.52 bits per heavy atom. The average Bonchev–Trinajstić information content (AvgIpc) is 2.47. The molecule has 2 heteroatoms. The van der Waals surface area contributed by atoms with Gasteiger partial charge in [-0.25, -0.2) is 0 Å². The van der Waals surface area contributed by atoms with Crippen molar-refractivity contribution in [2.75, 3.05) is 0 Å². The summed E-state index contributed by atoms with van der Waals surface area (Å²) >= 11 is 0. The van der Waals surface area contributed by atoms with Crippen molar-refractivity contribution in [2.24, 2.45) is 0 Å². The van der Waals surface area contributed by atoms with Crippen molar-refractivity contribution in [3.8, 4) is 6.07 Å². The van der Waals surface area contributed by atoms with Gasteiger partial charge in [0.2, 0.25) is 0 Å². The summed E-state index contributed by atoms with van der Waals surface area (Å²) in [6.07, 6.45) is 2.71. The molecule has 0 saturated carbocycles. The molecule has 0 atom stereocenters. The van der Waals surface area contributed by atoms with Crippen LogP contribution in [0.4, 0.5) is 0 Å². The molecule has 0 spiro atoms. The Morgan fingerprint density at radius 2 is 1.95 bits per heavy atom. The van der Waals surface area contributed by atoms with Crippen LogP contribution in [0, 0.1) is 11.3 Å². The summed E-state index contributed by atoms with van der Waals surface area (Å²) in [5.74, 6) is 0.373. The largest absolute Gasteiger partial charge is 0.261 e. The molecule has 2 rings (SSSR count). The summed E-state index contributed by atoms with van der Waals surface area (Å²) in [7, 11) is 0. The second-order valence-corrected chi connectivity index (χ2v) is 6.46. The highest BCUT2D eigenvalue weighted by molar-refractivity contribution is 5.43. The third-order valence-corrected chi connectivity index (χ3v) is 3.86. The Balaban J connectivity index is 2.30. The molecule has 2 aromatic rings. The molecule has 0 radical (unpaired) electrons. The van der Waals surface area contributed by atoms with E-state index in [4.69, 9.17) is 0 Å². The normalized spacial score (nSPS) is 11.4. The van der Waals surface area contributed by atoms with Crippen molar-refractivity contribution in [3.63, 3.8) is 0 Å². The predicted molar refractivity (Wildman–Crippen MR) is 86.2 cm³/mol. The third-order valence-electron chi connectivity index (χ3n) is 3.86. The minimum atomic E-state index is -0.0483. The van der Waals surface area contributed by atoms with Crippen LogP contribution in [-0.4, -0.2) is 4.98 Å². The van der Waals surface area contributed by atoms with E-state index in [0.29, 0.717) is 5.92 Å². The molecule has 108 valence electrons. The summed E-state index contributed by atoms with van der Waals surface area (Å²) in [4.78, 5) is 4.47. The van der Waals surface area contributed by atoms with Crippen LogP contribution in [0.3, 0.4) is 0 Å². The molecule has 21 heavy (non-hydrogen) atoms. The van der Waals surface area contributed by atoms with E-state index in [2.05, 4.69) is 56.9 Å². The van der Waals surface area contributed by atoms with E-state index in [1.54, 1.807) is 0 Å². The second-order valence-electron chi connectivity index (χ2n) is 6.46. The van der Waals surface area contributed by atoms with Crippen LogP contribution in [-0.2, 0) is 11.8 Å². The van der Waals surface area contributed by atoms with Gasteiger partial charge in [0.1, 0.15) is 0 Å². The highest BCUT2D eigenvalue weighted by Gasteiger charge is 2.23. The van der Waals surface area contributed by atoms with E-state index in [1.807, 2.05) is 24.4 Å². The van der Waals surface area contributed by atoms with Gasteiger partial charge < -0.3 is 0 Å². The molecule has 0 unspecified atom stereocenters. The first-order chi connectivity index (χ1) is 9.94. The molecule has 0 fully saturated rings. The minimum absolute atomic E-state index is 0.0483. The molecule has 0 saturated heterocycles. The van der Waals surface area contributed by atoms with Gasteiger partial charge >= 0.3 is 0 Å². The molecule has 1 aromatic carbocycles. The zero-order valence-corrected chi connectivity index (χ0v) is 13.2. The first-order valence-corrected chi connectivity index (χ1v) is 7.38. The quantitative estimate of drug-likeness (QED) is 0.819. The molecule has 0 aliphatic rings. The van der Waals surface area contributed by atoms with E-state index >= 15 is 0 Å². The first kappa shape index (κ1) is 15.3. The Bertz CT molecular complexity index is 649. The van der Waals surface area contributed by atoms with E-state index in [0.717, 1.165) is 23.2 Å². The van der Waals surface area contributed by atoms with Crippen LogP contribution in [0.25, 0.3) is 0 Å². The lowest BCUT2D eigenvalue weighted by Gasteiger charge is -2.24. The zero-order chi connectivity index (χ0) is 15.5. The van der Waals surface area contributed by atoms with Gasteiger partial charge in [0.05, 0.1) is 11.6 Å². The van der Waals surface area contributed by atoms with Crippen LogP contribution >= 0.6 is 0 Å². The molecule has 0 amide bonds. The maximum absolute atomic E-state index is 9.34. The predicted octanol–water partition coefficient (Wildman–Crippen LogP) is 4.60. The highest BCUT2D eigenvalue weighted by atomic mass is 14.7. The number of nitrogens with zero attached hydrogens (tertiary/aromatic N) is 2. The van der Waals surface area contributed by atoms with Crippen molar-refractivity contribution in [3.05, 3.63) is 65.0 Å². The second kappa shape index (κ2) is 6.10. The summed E-state index contributed by atoms with van der Waals surface area (Å²) in [5.41, 5.74) is 4.13. The SMILES string of the molecule is CC(C)c1ccc(CC(C)(C)c2ccccn2)cc1C#N. The average molecular weight is 278 g/mol. The topological polar surface area (TPSA) is 36.7 Å². The summed E-state index contributed by atoms with van der Waals surface area (Å²) in [6, 6.07) is 14.6. The minimum Gasteiger partial charge on any atom is -0.261 e. The van der Waals surface area contributed by atoms with Crippen LogP contribution in [0.1, 0.15) is 56.0 Å². The lowest BCUT2D eigenvalue weighted by Crippen LogP contribution is -2.22. The van der Waals surface area contributed by atoms with Crippen LogP contribution in [0.5, 0.6) is 0 Å². The fraction of sp³-hybridized carbons (Fsp3) is 0.368. The number of aromatic nitrogens is 1. The number of hydrogen-bond donors (Lipinski definition) is 0. The van der Waals surface area contributed by atoms with Gasteiger partial charge in [-0.15, -0.1) is 0 Å². The Labute approximate surface area is 127 Å². The molecule has 2 nitrogen and oxygen atoms in total. The number of benzene rings is 1. The van der Waals surface area contributed by atoms with Crippen molar-refractivity contribution >= 4 is 0 Å². The zero-order valence-electron chi connectivity index (χ0n) is 13.2. The van der Waals surface area contributed by atoms with E-state index < -0.39 is 0 Å². The van der Waals surface area contributed by atoms with E-state index in [9.17, 15) is 5.26 Å². The highest BCUT2D eigenvalue weighted by Crippen LogP contribution is 2.28. The number of nitriles is 1. The fourth-order valence-electron chi connectivity index (χ4n) is 2.68. The maximum Gasteiger partial charge on any atom is 0.0994 e. The standard InChI is InChI=1S/C19H22N2/c1-14(2)17-9-8-15(11-16(17)13-20)12-19(3,4)18-7-5-6-10-21-18/h5-11,14H,12H2,1-4H3. The molecular weight excluding hydrogens is 256 g/mol. The van der Waals surface area contributed by atoms with Crippen molar-refractivity contribution in [2.45, 2.75) is 45.4 Å². The smallest absolute Gasteiger partial charge is 0.0994 e. The maximum atomic E-state index is 9.34. The molecule has 1 heterocycles. The van der Waals surface area contributed by atoms with Gasteiger partial charge in [0, 0.05) is 17.3 Å². The van der Waals surface area contributed by atoms with E-state index in [1.165, 1.54) is 5.56 Å². The molecule has 0 aliphatic carbocycles. The third kappa shape index (κ3) is 3.49. The van der Waals surface area contributed by atoms with Crippen molar-refractivity contribution < 1.29 is 0 Å². The monoisotopic (exact) mass is 278 g/mol. The van der Waals surface area contributed by atoms with E-state index in [-0.39, 0.29) is 5.41 Å². The van der Waals surface area contributed by atoms with Gasteiger partial charge in [0.15, 0.2) is 0 Å². The Hall–Kier alpha value is -2.14. The lowest BCUT2D eigenvalue weighted by molar-refractivity contribution is 0.505. The van der Waals surface area contributed by atoms with Gasteiger partial charge in [-0.3, -0.25) is 4.98 Å². The number of hydrogen-bond acceptors (Lipinski definition) is 2. The number of pyridine rings is 1. The van der Waals surface area contributed by atoms with Gasteiger partial charge in [0.25, 0.3) is 0 Å². The Morgan fingerprint density at radius 1 is 1.19 bits per heavy atom. The van der Waals surface area contributed by atoms with Crippen LogP contribution in [0.2, 0.25) is 0 Å². The summed E-state index contributed by atoms with van der Waals surface area (Å²) < 4.78 is 0. The van der Waals surface area contributed by atoms with Gasteiger partial charge in [-0.2, -0.15) is 5.26 Å². The van der Waals surface area contributed by atoms with Gasteiger partial charge in [-0.05, 0) is 41.7 Å². The first-order valence-electron chi connectivity index (χ1n) is 7.38. The van der Waals surface area contributed by atoms with Crippen LogP contribution < -0.4 is 0 Å². The van der Waals surface area contributed by atoms with Gasteiger partial charge in [-0.1, -0.05) is 45.9 Å². The molecule has 1 aromatic heterocycles. The Kier molecular flexibility index (Phi) is 4.43. The number of rotatable bonds is 4. The van der Waals surface area contributed by atoms with Crippen LogP contribution in [0.15, 0.2) is 42.6 Å². The molecule has 0 N–H and O–H groups in total. The molecule has 0 aliphatic heterocycles. The lowest BCUT2D eigenvalue weighted by atomic mass is 9.81.